The van der Waals surface area contributed by atoms with Crippen molar-refractivity contribution in [2.45, 2.75) is 23.6 Å². The number of hydrogen-bond donors (Lipinski definition) is 1. The van der Waals surface area contributed by atoms with E-state index in [1.165, 1.54) is 16.0 Å². The first-order chi connectivity index (χ1) is 13.1. The normalized spacial score (nSPS) is 21.0. The highest BCUT2D eigenvalue weighted by Crippen LogP contribution is 2.44. The SMILES string of the molecule is CSC1CC(C(=O)O)N(C(=O)OCC2c3ccccc3-c3ccccc32)C1. The summed E-state index contributed by atoms with van der Waals surface area (Å²) in [5.41, 5.74) is 4.62. The zero-order chi connectivity index (χ0) is 19.0. The zero-order valence-electron chi connectivity index (χ0n) is 15.0. The van der Waals surface area contributed by atoms with Gasteiger partial charge in [0.1, 0.15) is 12.6 Å². The number of thioether (sulfide) groups is 1. The van der Waals surface area contributed by atoms with E-state index in [2.05, 4.69) is 24.3 Å². The lowest BCUT2D eigenvalue weighted by molar-refractivity contribution is -0.141. The molecule has 0 radical (unpaired) electrons. The van der Waals surface area contributed by atoms with Crippen LogP contribution in [-0.4, -0.2) is 52.8 Å². The van der Waals surface area contributed by atoms with Crippen molar-refractivity contribution in [3.8, 4) is 11.1 Å². The van der Waals surface area contributed by atoms with Gasteiger partial charge in [0.2, 0.25) is 0 Å². The average Bonchev–Trinajstić information content (AvgIpc) is 3.26. The summed E-state index contributed by atoms with van der Waals surface area (Å²) < 4.78 is 5.61. The van der Waals surface area contributed by atoms with Crippen molar-refractivity contribution in [2.75, 3.05) is 19.4 Å². The van der Waals surface area contributed by atoms with E-state index in [9.17, 15) is 14.7 Å². The average molecular weight is 383 g/mol. The number of hydrogen-bond acceptors (Lipinski definition) is 4. The Morgan fingerprint density at radius 3 is 2.26 bits per heavy atom. The summed E-state index contributed by atoms with van der Waals surface area (Å²) >= 11 is 1.59. The number of carbonyl (C=O) groups is 2. The van der Waals surface area contributed by atoms with Gasteiger partial charge in [-0.2, -0.15) is 11.8 Å². The summed E-state index contributed by atoms with van der Waals surface area (Å²) in [6.45, 7) is 0.619. The number of likely N-dealkylation sites (tertiary alicyclic amines) is 1. The van der Waals surface area contributed by atoms with Crippen LogP contribution in [0.3, 0.4) is 0 Å². The van der Waals surface area contributed by atoms with E-state index in [0.717, 1.165) is 11.1 Å². The number of aliphatic carboxylic acids is 1. The third kappa shape index (κ3) is 3.18. The lowest BCUT2D eigenvalue weighted by atomic mass is 9.98. The van der Waals surface area contributed by atoms with Gasteiger partial charge in [-0.1, -0.05) is 48.5 Å². The fourth-order valence-electron chi connectivity index (χ4n) is 4.08. The second kappa shape index (κ2) is 7.27. The molecule has 5 nitrogen and oxygen atoms in total. The number of rotatable bonds is 4. The van der Waals surface area contributed by atoms with Crippen LogP contribution in [0, 0.1) is 0 Å². The molecule has 0 spiro atoms. The molecule has 1 saturated heterocycles. The van der Waals surface area contributed by atoms with Gasteiger partial charge in [-0.05, 0) is 34.9 Å². The van der Waals surface area contributed by atoms with Gasteiger partial charge in [-0.15, -0.1) is 0 Å². The molecule has 0 saturated carbocycles. The third-order valence-electron chi connectivity index (χ3n) is 5.45. The van der Waals surface area contributed by atoms with E-state index in [1.54, 1.807) is 11.8 Å². The van der Waals surface area contributed by atoms with Gasteiger partial charge in [-0.3, -0.25) is 4.90 Å². The van der Waals surface area contributed by atoms with Crippen LogP contribution >= 0.6 is 11.8 Å². The van der Waals surface area contributed by atoms with Crippen LogP contribution in [0.5, 0.6) is 0 Å². The van der Waals surface area contributed by atoms with Crippen molar-refractivity contribution in [2.24, 2.45) is 0 Å². The molecule has 6 heteroatoms. The maximum absolute atomic E-state index is 12.6. The van der Waals surface area contributed by atoms with Crippen molar-refractivity contribution in [3.63, 3.8) is 0 Å². The van der Waals surface area contributed by atoms with E-state index in [-0.39, 0.29) is 17.8 Å². The Hall–Kier alpha value is -2.47. The van der Waals surface area contributed by atoms with E-state index in [4.69, 9.17) is 4.74 Å². The number of carboxylic acids is 1. The van der Waals surface area contributed by atoms with Crippen molar-refractivity contribution >= 4 is 23.8 Å². The Bertz CT molecular complexity index is 838. The molecule has 140 valence electrons. The standard InChI is InChI=1S/C21H21NO4S/c1-27-13-10-19(20(23)24)22(11-13)21(25)26-12-18-16-8-4-2-6-14(16)15-7-3-5-9-17(15)18/h2-9,13,18-19H,10-12H2,1H3,(H,23,24). The lowest BCUT2D eigenvalue weighted by Gasteiger charge is -2.22. The molecule has 0 aromatic heterocycles. The van der Waals surface area contributed by atoms with Gasteiger partial charge in [0.15, 0.2) is 0 Å². The molecule has 2 aromatic carbocycles. The first kappa shape index (κ1) is 17.9. The highest BCUT2D eigenvalue weighted by Gasteiger charge is 2.40. The molecule has 4 rings (SSSR count). The number of ether oxygens (including phenoxy) is 1. The molecule has 1 aliphatic carbocycles. The zero-order valence-corrected chi connectivity index (χ0v) is 15.8. The second-order valence-corrected chi connectivity index (χ2v) is 8.04. The van der Waals surface area contributed by atoms with Gasteiger partial charge in [0.05, 0.1) is 0 Å². The van der Waals surface area contributed by atoms with Gasteiger partial charge >= 0.3 is 12.1 Å². The summed E-state index contributed by atoms with van der Waals surface area (Å²) in [5, 5.41) is 9.56. The maximum atomic E-state index is 12.6. The van der Waals surface area contributed by atoms with Crippen LogP contribution in [0.2, 0.25) is 0 Å². The lowest BCUT2D eigenvalue weighted by Crippen LogP contribution is -2.41. The highest BCUT2D eigenvalue weighted by atomic mass is 32.2. The number of nitrogens with zero attached hydrogens (tertiary/aromatic N) is 1. The number of fused-ring (bicyclic) bond motifs is 3. The Balaban J connectivity index is 1.52. The first-order valence-electron chi connectivity index (χ1n) is 8.97. The van der Waals surface area contributed by atoms with Crippen LogP contribution in [0.4, 0.5) is 4.79 Å². The topological polar surface area (TPSA) is 66.8 Å². The molecule has 27 heavy (non-hydrogen) atoms. The molecule has 1 aliphatic heterocycles. The molecular formula is C21H21NO4S. The predicted molar refractivity (Wildman–Crippen MR) is 105 cm³/mol. The predicted octanol–water partition coefficient (Wildman–Crippen LogP) is 3.83. The third-order valence-corrected chi connectivity index (χ3v) is 6.46. The summed E-state index contributed by atoms with van der Waals surface area (Å²) in [6, 6.07) is 15.5. The van der Waals surface area contributed by atoms with Crippen LogP contribution < -0.4 is 0 Å². The van der Waals surface area contributed by atoms with Crippen molar-refractivity contribution in [3.05, 3.63) is 59.7 Å². The van der Waals surface area contributed by atoms with Crippen molar-refractivity contribution in [1.82, 2.24) is 4.90 Å². The summed E-state index contributed by atoms with van der Waals surface area (Å²) in [4.78, 5) is 25.5. The number of amides is 1. The molecule has 1 N–H and O–H groups in total. The molecule has 1 fully saturated rings. The van der Waals surface area contributed by atoms with Crippen LogP contribution in [0.25, 0.3) is 11.1 Å². The fraction of sp³-hybridized carbons (Fsp3) is 0.333. The number of carbonyl (C=O) groups excluding carboxylic acids is 1. The van der Waals surface area contributed by atoms with E-state index in [0.29, 0.717) is 13.0 Å². The monoisotopic (exact) mass is 383 g/mol. The Kier molecular flexibility index (Phi) is 4.83. The van der Waals surface area contributed by atoms with E-state index < -0.39 is 18.1 Å². The van der Waals surface area contributed by atoms with Crippen LogP contribution in [0.1, 0.15) is 23.5 Å². The van der Waals surface area contributed by atoms with Crippen molar-refractivity contribution < 1.29 is 19.4 Å². The Morgan fingerprint density at radius 1 is 1.11 bits per heavy atom. The fourth-order valence-corrected chi connectivity index (χ4v) is 4.77. The smallest absolute Gasteiger partial charge is 0.410 e. The molecule has 2 aliphatic rings. The minimum Gasteiger partial charge on any atom is -0.480 e. The summed E-state index contributed by atoms with van der Waals surface area (Å²) in [5.74, 6) is -0.997. The van der Waals surface area contributed by atoms with Crippen LogP contribution in [-0.2, 0) is 9.53 Å². The Labute approximate surface area is 162 Å². The molecule has 2 unspecified atom stereocenters. The quantitative estimate of drug-likeness (QED) is 0.869. The Morgan fingerprint density at radius 2 is 1.70 bits per heavy atom. The van der Waals surface area contributed by atoms with Gasteiger partial charge < -0.3 is 9.84 Å². The maximum Gasteiger partial charge on any atom is 0.410 e. The minimum atomic E-state index is -0.972. The van der Waals surface area contributed by atoms with E-state index >= 15 is 0 Å². The molecular weight excluding hydrogens is 362 g/mol. The second-order valence-electron chi connectivity index (χ2n) is 6.90. The largest absolute Gasteiger partial charge is 0.480 e. The summed E-state index contributed by atoms with van der Waals surface area (Å²) in [6.07, 6.45) is 1.85. The molecule has 2 aromatic rings. The molecule has 1 heterocycles. The van der Waals surface area contributed by atoms with E-state index in [1.807, 2.05) is 30.5 Å². The van der Waals surface area contributed by atoms with Gasteiger partial charge in [0.25, 0.3) is 0 Å². The minimum absolute atomic E-state index is 0.0245. The molecule has 1 amide bonds. The van der Waals surface area contributed by atoms with Gasteiger partial charge in [0, 0.05) is 17.7 Å². The molecule has 0 bridgehead atoms. The number of carboxylic acid groups (broad SMARTS) is 1. The molecule has 2 atom stereocenters. The van der Waals surface area contributed by atoms with Crippen molar-refractivity contribution in [1.29, 1.82) is 0 Å². The van der Waals surface area contributed by atoms with Crippen LogP contribution in [0.15, 0.2) is 48.5 Å². The first-order valence-corrected chi connectivity index (χ1v) is 10.3. The summed E-state index contributed by atoms with van der Waals surface area (Å²) in [7, 11) is 0. The number of benzene rings is 2. The van der Waals surface area contributed by atoms with Gasteiger partial charge in [-0.25, -0.2) is 9.59 Å². The highest BCUT2D eigenvalue weighted by molar-refractivity contribution is 7.99.